The van der Waals surface area contributed by atoms with Gasteiger partial charge in [0.1, 0.15) is 0 Å². The molecule has 0 aliphatic heterocycles. The number of nitrogens with zero attached hydrogens (tertiary/aromatic N) is 1. The van der Waals surface area contributed by atoms with E-state index in [0.717, 1.165) is 25.9 Å². The topological polar surface area (TPSA) is 24.9 Å². The summed E-state index contributed by atoms with van der Waals surface area (Å²) in [6.45, 7) is 4.36. The second kappa shape index (κ2) is 8.49. The maximum atomic E-state index is 4.20. The number of benzene rings is 1. The maximum absolute atomic E-state index is 4.20. The number of rotatable bonds is 8. The molecule has 1 aromatic heterocycles. The van der Waals surface area contributed by atoms with Crippen molar-refractivity contribution in [1.82, 2.24) is 10.3 Å². The summed E-state index contributed by atoms with van der Waals surface area (Å²) in [6.07, 6.45) is 7.24. The van der Waals surface area contributed by atoms with Gasteiger partial charge in [0.15, 0.2) is 0 Å². The number of aryl methyl sites for hydroxylation is 1. The molecule has 0 aliphatic rings. The molecule has 0 amide bonds. The molecule has 1 unspecified atom stereocenters. The first-order chi connectivity index (χ1) is 9.90. The van der Waals surface area contributed by atoms with Crippen molar-refractivity contribution in [2.75, 3.05) is 13.1 Å². The molecule has 2 rings (SSSR count). The third kappa shape index (κ3) is 4.78. The Hall–Kier alpha value is -1.67. The van der Waals surface area contributed by atoms with Crippen LogP contribution in [0.4, 0.5) is 0 Å². The summed E-state index contributed by atoms with van der Waals surface area (Å²) < 4.78 is 0. The average molecular weight is 268 g/mol. The van der Waals surface area contributed by atoms with Crippen LogP contribution in [0, 0.1) is 0 Å². The highest BCUT2D eigenvalue weighted by atomic mass is 14.8. The standard InChI is InChI=1S/C18H24N2/c1-2-12-19-15-18(17-8-4-3-5-9-17)11-10-16-7-6-13-20-14-16/h3-9,13-14,18-19H,2,10-12,15H2,1H3. The Morgan fingerprint density at radius 3 is 2.65 bits per heavy atom. The zero-order valence-corrected chi connectivity index (χ0v) is 12.3. The van der Waals surface area contributed by atoms with E-state index in [1.54, 1.807) is 0 Å². The molecule has 20 heavy (non-hydrogen) atoms. The van der Waals surface area contributed by atoms with E-state index in [-0.39, 0.29) is 0 Å². The molecule has 0 aliphatic carbocycles. The lowest BCUT2D eigenvalue weighted by atomic mass is 9.92. The van der Waals surface area contributed by atoms with E-state index in [1.807, 2.05) is 18.5 Å². The quantitative estimate of drug-likeness (QED) is 0.737. The number of hydrogen-bond acceptors (Lipinski definition) is 2. The Labute approximate surface area is 122 Å². The van der Waals surface area contributed by atoms with Crippen LogP contribution in [-0.4, -0.2) is 18.1 Å². The fourth-order valence-electron chi connectivity index (χ4n) is 2.45. The Morgan fingerprint density at radius 2 is 1.95 bits per heavy atom. The molecule has 1 N–H and O–H groups in total. The van der Waals surface area contributed by atoms with Gasteiger partial charge in [0.05, 0.1) is 0 Å². The monoisotopic (exact) mass is 268 g/mol. The van der Waals surface area contributed by atoms with Crippen LogP contribution in [0.25, 0.3) is 0 Å². The first-order valence-electron chi connectivity index (χ1n) is 7.54. The van der Waals surface area contributed by atoms with Crippen molar-refractivity contribution < 1.29 is 0 Å². The molecule has 2 heteroatoms. The molecule has 2 aromatic rings. The van der Waals surface area contributed by atoms with E-state index < -0.39 is 0 Å². The van der Waals surface area contributed by atoms with Gasteiger partial charge in [0.2, 0.25) is 0 Å². The van der Waals surface area contributed by atoms with E-state index in [0.29, 0.717) is 5.92 Å². The number of hydrogen-bond donors (Lipinski definition) is 1. The molecular formula is C18H24N2. The molecular weight excluding hydrogens is 244 g/mol. The van der Waals surface area contributed by atoms with E-state index in [9.17, 15) is 0 Å². The summed E-state index contributed by atoms with van der Waals surface area (Å²) in [5.41, 5.74) is 2.75. The SMILES string of the molecule is CCCNCC(CCc1cccnc1)c1ccccc1. The van der Waals surface area contributed by atoms with Crippen molar-refractivity contribution in [1.29, 1.82) is 0 Å². The molecule has 0 radical (unpaired) electrons. The Bertz CT molecular complexity index is 467. The van der Waals surface area contributed by atoms with Gasteiger partial charge in [-0.1, -0.05) is 43.3 Å². The van der Waals surface area contributed by atoms with Crippen molar-refractivity contribution in [3.63, 3.8) is 0 Å². The summed E-state index contributed by atoms with van der Waals surface area (Å²) in [5.74, 6) is 0.572. The third-order valence-corrected chi connectivity index (χ3v) is 3.59. The summed E-state index contributed by atoms with van der Waals surface area (Å²) in [4.78, 5) is 4.20. The van der Waals surface area contributed by atoms with Crippen LogP contribution >= 0.6 is 0 Å². The number of pyridine rings is 1. The largest absolute Gasteiger partial charge is 0.316 e. The van der Waals surface area contributed by atoms with Crippen LogP contribution in [0.5, 0.6) is 0 Å². The third-order valence-electron chi connectivity index (χ3n) is 3.59. The molecule has 1 aromatic carbocycles. The fourth-order valence-corrected chi connectivity index (χ4v) is 2.45. The minimum absolute atomic E-state index is 0.572. The summed E-state index contributed by atoms with van der Waals surface area (Å²) in [6, 6.07) is 15.0. The Kier molecular flexibility index (Phi) is 6.25. The Morgan fingerprint density at radius 1 is 1.10 bits per heavy atom. The van der Waals surface area contributed by atoms with Crippen LogP contribution in [0.3, 0.4) is 0 Å². The molecule has 2 nitrogen and oxygen atoms in total. The normalized spacial score (nSPS) is 12.2. The maximum Gasteiger partial charge on any atom is 0.0299 e. The van der Waals surface area contributed by atoms with Crippen molar-refractivity contribution in [3.05, 3.63) is 66.0 Å². The van der Waals surface area contributed by atoms with Gasteiger partial charge in [0, 0.05) is 18.9 Å². The summed E-state index contributed by atoms with van der Waals surface area (Å²) in [5, 5.41) is 3.55. The molecule has 0 fully saturated rings. The van der Waals surface area contributed by atoms with Crippen molar-refractivity contribution in [2.45, 2.75) is 32.1 Å². The summed E-state index contributed by atoms with van der Waals surface area (Å²) in [7, 11) is 0. The van der Waals surface area contributed by atoms with Crippen LogP contribution in [0.1, 0.15) is 36.8 Å². The van der Waals surface area contributed by atoms with Crippen LogP contribution in [0.15, 0.2) is 54.9 Å². The second-order valence-electron chi connectivity index (χ2n) is 5.21. The molecule has 0 spiro atoms. The average Bonchev–Trinajstić information content (AvgIpc) is 2.52. The lowest BCUT2D eigenvalue weighted by Gasteiger charge is -2.18. The Balaban J connectivity index is 1.95. The number of aromatic nitrogens is 1. The van der Waals surface area contributed by atoms with Gasteiger partial charge in [0.25, 0.3) is 0 Å². The highest BCUT2D eigenvalue weighted by Gasteiger charge is 2.11. The van der Waals surface area contributed by atoms with E-state index in [1.165, 1.54) is 17.5 Å². The lowest BCUT2D eigenvalue weighted by molar-refractivity contribution is 0.548. The highest BCUT2D eigenvalue weighted by molar-refractivity contribution is 5.20. The van der Waals surface area contributed by atoms with E-state index in [2.05, 4.69) is 53.6 Å². The van der Waals surface area contributed by atoms with Gasteiger partial charge in [-0.05, 0) is 48.9 Å². The van der Waals surface area contributed by atoms with Gasteiger partial charge in [-0.3, -0.25) is 4.98 Å². The first kappa shape index (κ1) is 14.7. The van der Waals surface area contributed by atoms with Gasteiger partial charge in [-0.25, -0.2) is 0 Å². The minimum Gasteiger partial charge on any atom is -0.316 e. The molecule has 106 valence electrons. The van der Waals surface area contributed by atoms with Crippen LogP contribution < -0.4 is 5.32 Å². The van der Waals surface area contributed by atoms with Crippen molar-refractivity contribution in [2.24, 2.45) is 0 Å². The molecule has 0 saturated carbocycles. The van der Waals surface area contributed by atoms with Gasteiger partial charge >= 0.3 is 0 Å². The first-order valence-corrected chi connectivity index (χ1v) is 7.54. The molecule has 0 saturated heterocycles. The molecule has 1 atom stereocenters. The van der Waals surface area contributed by atoms with Gasteiger partial charge < -0.3 is 5.32 Å². The van der Waals surface area contributed by atoms with Gasteiger partial charge in [-0.2, -0.15) is 0 Å². The number of nitrogens with one attached hydrogen (secondary N) is 1. The second-order valence-corrected chi connectivity index (χ2v) is 5.21. The zero-order chi connectivity index (χ0) is 14.0. The summed E-state index contributed by atoms with van der Waals surface area (Å²) >= 11 is 0. The van der Waals surface area contributed by atoms with Gasteiger partial charge in [-0.15, -0.1) is 0 Å². The predicted molar refractivity (Wildman–Crippen MR) is 84.9 cm³/mol. The zero-order valence-electron chi connectivity index (χ0n) is 12.3. The van der Waals surface area contributed by atoms with Crippen molar-refractivity contribution >= 4 is 0 Å². The lowest BCUT2D eigenvalue weighted by Crippen LogP contribution is -2.22. The predicted octanol–water partition coefficient (Wildman–Crippen LogP) is 3.80. The fraction of sp³-hybridized carbons (Fsp3) is 0.389. The van der Waals surface area contributed by atoms with Crippen LogP contribution in [0.2, 0.25) is 0 Å². The van der Waals surface area contributed by atoms with E-state index >= 15 is 0 Å². The molecule has 1 heterocycles. The molecule has 0 bridgehead atoms. The van der Waals surface area contributed by atoms with Crippen LogP contribution in [-0.2, 0) is 6.42 Å². The van der Waals surface area contributed by atoms with Crippen molar-refractivity contribution in [3.8, 4) is 0 Å². The smallest absolute Gasteiger partial charge is 0.0299 e. The van der Waals surface area contributed by atoms with E-state index in [4.69, 9.17) is 0 Å². The highest BCUT2D eigenvalue weighted by Crippen LogP contribution is 2.21. The minimum atomic E-state index is 0.572.